The fourth-order valence-corrected chi connectivity index (χ4v) is 2.06. The molecule has 1 unspecified atom stereocenters. The maximum atomic E-state index is 10.7. The van der Waals surface area contributed by atoms with Gasteiger partial charge >= 0.3 is 0 Å². The van der Waals surface area contributed by atoms with Crippen LogP contribution < -0.4 is 5.32 Å². The van der Waals surface area contributed by atoms with Crippen molar-refractivity contribution in [3.63, 3.8) is 0 Å². The van der Waals surface area contributed by atoms with Crippen LogP contribution in [0.3, 0.4) is 0 Å². The van der Waals surface area contributed by atoms with E-state index in [-0.39, 0.29) is 11.6 Å². The van der Waals surface area contributed by atoms with E-state index in [0.717, 1.165) is 12.7 Å². The summed E-state index contributed by atoms with van der Waals surface area (Å²) < 4.78 is 5.60. The van der Waals surface area contributed by atoms with Crippen LogP contribution in [0.15, 0.2) is 30.3 Å². The fourth-order valence-electron chi connectivity index (χ4n) is 2.06. The summed E-state index contributed by atoms with van der Waals surface area (Å²) in [7, 11) is 0. The predicted molar refractivity (Wildman–Crippen MR) is 62.1 cm³/mol. The van der Waals surface area contributed by atoms with Gasteiger partial charge in [-0.05, 0) is 25.8 Å². The zero-order chi connectivity index (χ0) is 11.6. The Balaban J connectivity index is 2.08. The van der Waals surface area contributed by atoms with Crippen molar-refractivity contribution in [1.29, 1.82) is 0 Å². The molecule has 16 heavy (non-hydrogen) atoms. The summed E-state index contributed by atoms with van der Waals surface area (Å²) in [6.45, 7) is 4.02. The highest BCUT2D eigenvalue weighted by atomic mass is 16.5. The standard InChI is InChI=1S/C13H17NO2/c1-13(2)11(14-12(9-15)16-13)8-10-6-4-3-5-7-10/h3-7,9,11-12,14H,8H2,1-2H3/t11-,12?/m0/s1. The summed E-state index contributed by atoms with van der Waals surface area (Å²) in [6, 6.07) is 10.4. The average Bonchev–Trinajstić information content (AvgIpc) is 2.55. The van der Waals surface area contributed by atoms with Crippen LogP contribution in [0, 0.1) is 0 Å². The third-order valence-electron chi connectivity index (χ3n) is 3.04. The van der Waals surface area contributed by atoms with E-state index < -0.39 is 6.23 Å². The topological polar surface area (TPSA) is 38.3 Å². The van der Waals surface area contributed by atoms with Gasteiger partial charge in [0.1, 0.15) is 0 Å². The molecule has 86 valence electrons. The molecular weight excluding hydrogens is 202 g/mol. The van der Waals surface area contributed by atoms with Gasteiger partial charge in [0.2, 0.25) is 0 Å². The van der Waals surface area contributed by atoms with E-state index in [1.165, 1.54) is 5.56 Å². The van der Waals surface area contributed by atoms with Gasteiger partial charge in [-0.15, -0.1) is 0 Å². The molecule has 1 fully saturated rings. The highest BCUT2D eigenvalue weighted by Gasteiger charge is 2.40. The fraction of sp³-hybridized carbons (Fsp3) is 0.462. The summed E-state index contributed by atoms with van der Waals surface area (Å²) in [5, 5.41) is 3.19. The van der Waals surface area contributed by atoms with Gasteiger partial charge in [0.25, 0.3) is 0 Å². The first kappa shape index (κ1) is 11.3. The molecule has 1 aromatic carbocycles. The minimum absolute atomic E-state index is 0.171. The number of nitrogens with one attached hydrogen (secondary N) is 1. The van der Waals surface area contributed by atoms with Crippen LogP contribution in [0.5, 0.6) is 0 Å². The quantitative estimate of drug-likeness (QED) is 0.783. The minimum Gasteiger partial charge on any atom is -0.349 e. The second kappa shape index (κ2) is 4.36. The molecule has 0 spiro atoms. The molecule has 0 amide bonds. The lowest BCUT2D eigenvalue weighted by Crippen LogP contribution is -2.40. The maximum Gasteiger partial charge on any atom is 0.165 e. The number of hydrogen-bond donors (Lipinski definition) is 1. The van der Waals surface area contributed by atoms with Crippen molar-refractivity contribution in [1.82, 2.24) is 5.32 Å². The Hall–Kier alpha value is -1.19. The first-order chi connectivity index (χ1) is 7.62. The third kappa shape index (κ3) is 2.31. The van der Waals surface area contributed by atoms with E-state index in [2.05, 4.69) is 17.4 Å². The highest BCUT2D eigenvalue weighted by molar-refractivity contribution is 5.56. The van der Waals surface area contributed by atoms with Gasteiger partial charge in [-0.1, -0.05) is 30.3 Å². The molecule has 0 bridgehead atoms. The SMILES string of the molecule is CC1(C)OC(C=O)N[C@H]1Cc1ccccc1. The predicted octanol–water partition coefficient (Wildman–Crippen LogP) is 1.52. The number of aldehydes is 1. The molecule has 1 heterocycles. The Morgan fingerprint density at radius 2 is 2.06 bits per heavy atom. The maximum absolute atomic E-state index is 10.7. The molecular formula is C13H17NO2. The molecule has 0 aromatic heterocycles. The second-order valence-electron chi connectivity index (χ2n) is 4.69. The van der Waals surface area contributed by atoms with Crippen LogP contribution in [0.1, 0.15) is 19.4 Å². The van der Waals surface area contributed by atoms with Crippen LogP contribution in [-0.4, -0.2) is 24.2 Å². The van der Waals surface area contributed by atoms with Gasteiger partial charge in [-0.25, -0.2) is 0 Å². The number of hydrogen-bond acceptors (Lipinski definition) is 3. The minimum atomic E-state index is -0.469. The van der Waals surface area contributed by atoms with Gasteiger partial charge in [0.15, 0.2) is 12.5 Å². The smallest absolute Gasteiger partial charge is 0.165 e. The Morgan fingerprint density at radius 1 is 1.38 bits per heavy atom. The van der Waals surface area contributed by atoms with E-state index in [1.807, 2.05) is 32.0 Å². The lowest BCUT2D eigenvalue weighted by molar-refractivity contribution is -0.121. The van der Waals surface area contributed by atoms with Crippen molar-refractivity contribution in [2.24, 2.45) is 0 Å². The molecule has 1 aliphatic rings. The second-order valence-corrected chi connectivity index (χ2v) is 4.69. The van der Waals surface area contributed by atoms with E-state index in [4.69, 9.17) is 4.74 Å². The number of ether oxygens (including phenoxy) is 1. The number of carbonyl (C=O) groups excluding carboxylic acids is 1. The first-order valence-electron chi connectivity index (χ1n) is 5.55. The van der Waals surface area contributed by atoms with Crippen molar-refractivity contribution in [3.8, 4) is 0 Å². The molecule has 1 N–H and O–H groups in total. The monoisotopic (exact) mass is 219 g/mol. The molecule has 2 rings (SSSR count). The van der Waals surface area contributed by atoms with E-state index in [9.17, 15) is 4.79 Å². The van der Waals surface area contributed by atoms with Gasteiger partial charge in [-0.2, -0.15) is 0 Å². The van der Waals surface area contributed by atoms with Crippen molar-refractivity contribution in [2.45, 2.75) is 38.1 Å². The zero-order valence-electron chi connectivity index (χ0n) is 9.64. The van der Waals surface area contributed by atoms with E-state index in [0.29, 0.717) is 0 Å². The van der Waals surface area contributed by atoms with Gasteiger partial charge in [-0.3, -0.25) is 10.1 Å². The molecule has 0 aliphatic carbocycles. The summed E-state index contributed by atoms with van der Waals surface area (Å²) in [5.41, 5.74) is 0.949. The van der Waals surface area contributed by atoms with Crippen LogP contribution in [-0.2, 0) is 16.0 Å². The van der Waals surface area contributed by atoms with Crippen LogP contribution in [0.2, 0.25) is 0 Å². The number of benzene rings is 1. The molecule has 0 radical (unpaired) electrons. The first-order valence-corrected chi connectivity index (χ1v) is 5.55. The molecule has 3 nitrogen and oxygen atoms in total. The highest BCUT2D eigenvalue weighted by Crippen LogP contribution is 2.25. The number of carbonyl (C=O) groups is 1. The summed E-state index contributed by atoms with van der Waals surface area (Å²) >= 11 is 0. The van der Waals surface area contributed by atoms with Gasteiger partial charge < -0.3 is 4.74 Å². The van der Waals surface area contributed by atoms with Crippen molar-refractivity contribution < 1.29 is 9.53 Å². The Kier molecular flexibility index (Phi) is 3.08. The van der Waals surface area contributed by atoms with Crippen LogP contribution in [0.25, 0.3) is 0 Å². The van der Waals surface area contributed by atoms with Crippen LogP contribution in [0.4, 0.5) is 0 Å². The molecule has 0 saturated carbocycles. The molecule has 2 atom stereocenters. The van der Waals surface area contributed by atoms with Crippen molar-refractivity contribution in [2.75, 3.05) is 0 Å². The van der Waals surface area contributed by atoms with E-state index in [1.54, 1.807) is 0 Å². The molecule has 1 saturated heterocycles. The molecule has 3 heteroatoms. The lowest BCUT2D eigenvalue weighted by Gasteiger charge is -2.24. The summed E-state index contributed by atoms with van der Waals surface area (Å²) in [6.07, 6.45) is 1.22. The normalized spacial score (nSPS) is 27.9. The number of rotatable bonds is 3. The van der Waals surface area contributed by atoms with Crippen molar-refractivity contribution >= 4 is 6.29 Å². The van der Waals surface area contributed by atoms with Crippen LogP contribution >= 0.6 is 0 Å². The Morgan fingerprint density at radius 3 is 2.62 bits per heavy atom. The largest absolute Gasteiger partial charge is 0.349 e. The average molecular weight is 219 g/mol. The summed E-state index contributed by atoms with van der Waals surface area (Å²) in [5.74, 6) is 0. The Labute approximate surface area is 95.8 Å². The molecule has 1 aliphatic heterocycles. The lowest BCUT2D eigenvalue weighted by atomic mass is 9.93. The third-order valence-corrected chi connectivity index (χ3v) is 3.04. The Bertz CT molecular complexity index is 361. The zero-order valence-corrected chi connectivity index (χ0v) is 9.64. The van der Waals surface area contributed by atoms with Gasteiger partial charge in [0.05, 0.1) is 5.60 Å². The summed E-state index contributed by atoms with van der Waals surface area (Å²) in [4.78, 5) is 10.7. The molecule has 1 aromatic rings. The van der Waals surface area contributed by atoms with E-state index >= 15 is 0 Å². The van der Waals surface area contributed by atoms with Gasteiger partial charge in [0, 0.05) is 6.04 Å². The van der Waals surface area contributed by atoms with Crippen molar-refractivity contribution in [3.05, 3.63) is 35.9 Å².